The van der Waals surface area contributed by atoms with E-state index in [4.69, 9.17) is 5.73 Å². The van der Waals surface area contributed by atoms with Crippen LogP contribution in [-0.2, 0) is 0 Å². The van der Waals surface area contributed by atoms with Gasteiger partial charge < -0.3 is 5.73 Å². The van der Waals surface area contributed by atoms with Gasteiger partial charge in [-0.15, -0.1) is 0 Å². The van der Waals surface area contributed by atoms with Crippen molar-refractivity contribution < 1.29 is 9.18 Å². The summed E-state index contributed by atoms with van der Waals surface area (Å²) >= 11 is 3.26. The number of rotatable bonds is 2. The van der Waals surface area contributed by atoms with E-state index in [1.165, 1.54) is 18.2 Å². The van der Waals surface area contributed by atoms with Gasteiger partial charge in [0.25, 0.3) is 0 Å². The molecule has 0 amide bonds. The topological polar surface area (TPSA) is 43.1 Å². The predicted molar refractivity (Wildman–Crippen MR) is 73.1 cm³/mol. The molecule has 0 fully saturated rings. The average Bonchev–Trinajstić information content (AvgIpc) is 2.30. The first-order valence-corrected chi connectivity index (χ1v) is 6.13. The summed E-state index contributed by atoms with van der Waals surface area (Å²) in [7, 11) is 0. The molecule has 0 aliphatic rings. The molecule has 0 atom stereocenters. The van der Waals surface area contributed by atoms with Crippen LogP contribution >= 0.6 is 15.9 Å². The van der Waals surface area contributed by atoms with Crippen LogP contribution in [-0.4, -0.2) is 5.78 Å². The lowest BCUT2D eigenvalue weighted by Gasteiger charge is -2.06. The molecule has 0 heterocycles. The third kappa shape index (κ3) is 2.59. The first-order chi connectivity index (χ1) is 8.47. The van der Waals surface area contributed by atoms with Crippen LogP contribution in [0.3, 0.4) is 0 Å². The van der Waals surface area contributed by atoms with Crippen molar-refractivity contribution in [2.75, 3.05) is 5.73 Å². The second kappa shape index (κ2) is 4.90. The molecule has 18 heavy (non-hydrogen) atoms. The highest BCUT2D eigenvalue weighted by atomic mass is 79.9. The van der Waals surface area contributed by atoms with Crippen molar-refractivity contribution in [2.45, 2.75) is 6.92 Å². The number of ketones is 1. The highest BCUT2D eigenvalue weighted by Crippen LogP contribution is 2.21. The highest BCUT2D eigenvalue weighted by Gasteiger charge is 2.15. The van der Waals surface area contributed by atoms with Crippen LogP contribution in [0.1, 0.15) is 21.5 Å². The molecule has 0 spiro atoms. The van der Waals surface area contributed by atoms with Gasteiger partial charge >= 0.3 is 0 Å². The lowest BCUT2D eigenvalue weighted by molar-refractivity contribution is 0.103. The van der Waals surface area contributed by atoms with E-state index in [-0.39, 0.29) is 11.3 Å². The van der Waals surface area contributed by atoms with Crippen molar-refractivity contribution in [3.8, 4) is 0 Å². The fourth-order valence-electron chi connectivity index (χ4n) is 1.71. The summed E-state index contributed by atoms with van der Waals surface area (Å²) in [6.07, 6.45) is 0. The molecule has 0 aliphatic carbocycles. The lowest BCUT2D eigenvalue weighted by atomic mass is 10.0. The van der Waals surface area contributed by atoms with Gasteiger partial charge in [0, 0.05) is 15.7 Å². The first kappa shape index (κ1) is 12.8. The summed E-state index contributed by atoms with van der Waals surface area (Å²) < 4.78 is 14.3. The van der Waals surface area contributed by atoms with E-state index in [1.807, 2.05) is 6.92 Å². The molecule has 0 bridgehead atoms. The van der Waals surface area contributed by atoms with Gasteiger partial charge in [0.15, 0.2) is 5.78 Å². The summed E-state index contributed by atoms with van der Waals surface area (Å²) in [6.45, 7) is 1.81. The van der Waals surface area contributed by atoms with Gasteiger partial charge in [0.2, 0.25) is 0 Å². The SMILES string of the molecule is Cc1ccc(F)c(C(=O)c2cc(N)cc(Br)c2)c1. The third-order valence-electron chi connectivity index (χ3n) is 2.55. The molecule has 0 saturated carbocycles. The second-order valence-electron chi connectivity index (χ2n) is 4.09. The zero-order valence-corrected chi connectivity index (χ0v) is 11.3. The van der Waals surface area contributed by atoms with Crippen LogP contribution in [0.2, 0.25) is 0 Å². The van der Waals surface area contributed by atoms with Gasteiger partial charge in [-0.1, -0.05) is 27.6 Å². The smallest absolute Gasteiger partial charge is 0.196 e. The van der Waals surface area contributed by atoms with Crippen molar-refractivity contribution in [2.24, 2.45) is 0 Å². The summed E-state index contributed by atoms with van der Waals surface area (Å²) in [5, 5.41) is 0. The summed E-state index contributed by atoms with van der Waals surface area (Å²) in [4.78, 5) is 12.2. The van der Waals surface area contributed by atoms with E-state index in [1.54, 1.807) is 18.2 Å². The number of aryl methyl sites for hydroxylation is 1. The normalized spacial score (nSPS) is 10.4. The van der Waals surface area contributed by atoms with E-state index in [9.17, 15) is 9.18 Å². The zero-order valence-electron chi connectivity index (χ0n) is 9.71. The molecule has 4 heteroatoms. The van der Waals surface area contributed by atoms with Crippen molar-refractivity contribution in [1.29, 1.82) is 0 Å². The number of carbonyl (C=O) groups excluding carboxylic acids is 1. The van der Waals surface area contributed by atoms with Gasteiger partial charge in [-0.05, 0) is 37.3 Å². The molecule has 0 radical (unpaired) electrons. The highest BCUT2D eigenvalue weighted by molar-refractivity contribution is 9.10. The summed E-state index contributed by atoms with van der Waals surface area (Å²) in [5.41, 5.74) is 7.39. The van der Waals surface area contributed by atoms with Crippen molar-refractivity contribution >= 4 is 27.4 Å². The molecular weight excluding hydrogens is 297 g/mol. The number of hydrogen-bond donors (Lipinski definition) is 1. The van der Waals surface area contributed by atoms with Crippen LogP contribution in [0, 0.1) is 12.7 Å². The van der Waals surface area contributed by atoms with Gasteiger partial charge in [-0.3, -0.25) is 4.79 Å². The van der Waals surface area contributed by atoms with Gasteiger partial charge in [0.05, 0.1) is 5.56 Å². The van der Waals surface area contributed by atoms with Gasteiger partial charge in [-0.2, -0.15) is 0 Å². The van der Waals surface area contributed by atoms with Crippen molar-refractivity contribution in [3.63, 3.8) is 0 Å². The Morgan fingerprint density at radius 3 is 2.61 bits per heavy atom. The number of nitrogens with two attached hydrogens (primary N) is 1. The fraction of sp³-hybridized carbons (Fsp3) is 0.0714. The van der Waals surface area contributed by atoms with Crippen LogP contribution in [0.25, 0.3) is 0 Å². The summed E-state index contributed by atoms with van der Waals surface area (Å²) in [6, 6.07) is 9.30. The monoisotopic (exact) mass is 307 g/mol. The maximum atomic E-state index is 13.6. The minimum absolute atomic E-state index is 0.0625. The molecule has 2 aromatic carbocycles. The number of nitrogen functional groups attached to an aromatic ring is 1. The Morgan fingerprint density at radius 2 is 1.94 bits per heavy atom. The van der Waals surface area contributed by atoms with Crippen molar-refractivity contribution in [1.82, 2.24) is 0 Å². The Morgan fingerprint density at radius 1 is 1.22 bits per heavy atom. The Balaban J connectivity index is 2.51. The molecule has 0 aromatic heterocycles. The third-order valence-corrected chi connectivity index (χ3v) is 3.01. The number of halogens is 2. The number of hydrogen-bond acceptors (Lipinski definition) is 2. The van der Waals surface area contributed by atoms with Crippen LogP contribution in [0.15, 0.2) is 40.9 Å². The molecule has 2 N–H and O–H groups in total. The minimum atomic E-state index is -0.524. The molecule has 0 saturated heterocycles. The quantitative estimate of drug-likeness (QED) is 0.679. The molecule has 2 rings (SSSR count). The fourth-order valence-corrected chi connectivity index (χ4v) is 2.22. The van der Waals surface area contributed by atoms with Crippen LogP contribution in [0.4, 0.5) is 10.1 Å². The molecule has 2 aromatic rings. The number of carbonyl (C=O) groups is 1. The maximum Gasteiger partial charge on any atom is 0.196 e. The standard InChI is InChI=1S/C14H11BrFNO/c1-8-2-3-13(16)12(4-8)14(18)9-5-10(15)7-11(17)6-9/h2-7H,17H2,1H3. The first-order valence-electron chi connectivity index (χ1n) is 5.34. The number of benzene rings is 2. The maximum absolute atomic E-state index is 13.6. The number of anilines is 1. The van der Waals surface area contributed by atoms with Crippen LogP contribution in [0.5, 0.6) is 0 Å². The van der Waals surface area contributed by atoms with Gasteiger partial charge in [0.1, 0.15) is 5.82 Å². The molecule has 0 aliphatic heterocycles. The van der Waals surface area contributed by atoms with E-state index >= 15 is 0 Å². The Bertz CT molecular complexity index is 605. The summed E-state index contributed by atoms with van der Waals surface area (Å²) in [5.74, 6) is -0.895. The van der Waals surface area contributed by atoms with Gasteiger partial charge in [-0.25, -0.2) is 4.39 Å². The van der Waals surface area contributed by atoms with E-state index < -0.39 is 5.82 Å². The Labute approximate surface area is 113 Å². The predicted octanol–water partition coefficient (Wildman–Crippen LogP) is 3.71. The minimum Gasteiger partial charge on any atom is -0.399 e. The molecule has 92 valence electrons. The Hall–Kier alpha value is -1.68. The van der Waals surface area contributed by atoms with E-state index in [0.717, 1.165) is 5.56 Å². The molecular formula is C14H11BrFNO. The largest absolute Gasteiger partial charge is 0.399 e. The Kier molecular flexibility index (Phi) is 3.48. The van der Waals surface area contributed by atoms with E-state index in [2.05, 4.69) is 15.9 Å². The lowest BCUT2D eigenvalue weighted by Crippen LogP contribution is -2.05. The average molecular weight is 308 g/mol. The molecule has 0 unspecified atom stereocenters. The zero-order chi connectivity index (χ0) is 13.3. The second-order valence-corrected chi connectivity index (χ2v) is 5.00. The van der Waals surface area contributed by atoms with Crippen LogP contribution < -0.4 is 5.73 Å². The van der Waals surface area contributed by atoms with E-state index in [0.29, 0.717) is 15.7 Å². The molecule has 2 nitrogen and oxygen atoms in total. The van der Waals surface area contributed by atoms with Crippen molar-refractivity contribution in [3.05, 3.63) is 63.4 Å².